The Bertz CT molecular complexity index is 782. The summed E-state index contributed by atoms with van der Waals surface area (Å²) >= 11 is 12.8. The van der Waals surface area contributed by atoms with Gasteiger partial charge >= 0.3 is 0 Å². The predicted octanol–water partition coefficient (Wildman–Crippen LogP) is 4.28. The van der Waals surface area contributed by atoms with Crippen molar-refractivity contribution in [2.45, 2.75) is 11.4 Å². The number of nitrogens with one attached hydrogen (secondary N) is 1. The summed E-state index contributed by atoms with van der Waals surface area (Å²) < 4.78 is 24.9. The molecule has 0 amide bonds. The van der Waals surface area contributed by atoms with Gasteiger partial charge < -0.3 is 5.32 Å². The van der Waals surface area contributed by atoms with Crippen LogP contribution < -0.4 is 5.32 Å². The molecule has 0 saturated heterocycles. The minimum absolute atomic E-state index is 0.220. The molecule has 1 heterocycles. The summed E-state index contributed by atoms with van der Waals surface area (Å²) in [6, 6.07) is 6.45. The Kier molecular flexibility index (Phi) is 5.29. The first kappa shape index (κ1) is 16.7. The van der Waals surface area contributed by atoms with Gasteiger partial charge in [-0.2, -0.15) is 0 Å². The van der Waals surface area contributed by atoms with Crippen molar-refractivity contribution in [1.29, 1.82) is 0 Å². The fourth-order valence-corrected chi connectivity index (χ4v) is 3.58. The highest BCUT2D eigenvalue weighted by Crippen LogP contribution is 2.27. The molecule has 21 heavy (non-hydrogen) atoms. The summed E-state index contributed by atoms with van der Waals surface area (Å²) in [5.41, 5.74) is 1.34. The van der Waals surface area contributed by atoms with Gasteiger partial charge in [-0.05, 0) is 56.1 Å². The molecule has 112 valence electrons. The molecule has 1 N–H and O–H groups in total. The number of hydrogen-bond acceptors (Lipinski definition) is 4. The van der Waals surface area contributed by atoms with Crippen LogP contribution in [0.4, 0.5) is 5.69 Å². The van der Waals surface area contributed by atoms with E-state index in [0.29, 0.717) is 17.3 Å². The normalized spacial score (nSPS) is 11.4. The van der Waals surface area contributed by atoms with E-state index < -0.39 is 9.84 Å². The number of halogens is 3. The van der Waals surface area contributed by atoms with Crippen molar-refractivity contribution in [3.8, 4) is 0 Å². The molecular formula is C13H11Br2ClN2O2S. The molecule has 0 spiro atoms. The van der Waals surface area contributed by atoms with E-state index in [2.05, 4.69) is 42.2 Å². The molecule has 1 aromatic carbocycles. The van der Waals surface area contributed by atoms with Gasteiger partial charge in [0.1, 0.15) is 0 Å². The molecule has 0 atom stereocenters. The largest absolute Gasteiger partial charge is 0.378 e. The topological polar surface area (TPSA) is 59.1 Å². The van der Waals surface area contributed by atoms with Gasteiger partial charge in [0.15, 0.2) is 9.84 Å². The van der Waals surface area contributed by atoms with E-state index in [-0.39, 0.29) is 4.90 Å². The number of anilines is 1. The van der Waals surface area contributed by atoms with Crippen LogP contribution in [0.15, 0.2) is 44.3 Å². The number of rotatable bonds is 4. The fraction of sp³-hybridized carbons (Fsp3) is 0.154. The molecule has 0 unspecified atom stereocenters. The average Bonchev–Trinajstić information content (AvgIpc) is 2.38. The lowest BCUT2D eigenvalue weighted by atomic mass is 10.3. The van der Waals surface area contributed by atoms with Gasteiger partial charge in [0.25, 0.3) is 0 Å². The van der Waals surface area contributed by atoms with Crippen molar-refractivity contribution in [3.63, 3.8) is 0 Å². The number of sulfone groups is 1. The third-order valence-corrected chi connectivity index (χ3v) is 5.26. The van der Waals surface area contributed by atoms with Gasteiger partial charge in [-0.25, -0.2) is 8.42 Å². The molecule has 0 bridgehead atoms. The highest BCUT2D eigenvalue weighted by Gasteiger charge is 2.11. The summed E-state index contributed by atoms with van der Waals surface area (Å²) in [4.78, 5) is 4.50. The lowest BCUT2D eigenvalue weighted by Gasteiger charge is -2.10. The summed E-state index contributed by atoms with van der Waals surface area (Å²) in [7, 11) is -3.27. The van der Waals surface area contributed by atoms with Crippen molar-refractivity contribution in [2.24, 2.45) is 0 Å². The van der Waals surface area contributed by atoms with Gasteiger partial charge in [0, 0.05) is 21.4 Å². The smallest absolute Gasteiger partial charge is 0.175 e. The Labute approximate surface area is 145 Å². The van der Waals surface area contributed by atoms with E-state index in [0.717, 1.165) is 20.9 Å². The van der Waals surface area contributed by atoms with Crippen molar-refractivity contribution in [3.05, 3.63) is 50.1 Å². The number of aromatic nitrogens is 1. The number of pyridine rings is 1. The standard InChI is InChI=1S/C13H11Br2ClN2O2S/c1-21(19,20)9-2-3-11(16)12(5-9)18-7-13-10(15)4-8(14)6-17-13/h2-6,18H,7H2,1H3. The Morgan fingerprint density at radius 3 is 2.62 bits per heavy atom. The van der Waals surface area contributed by atoms with Crippen LogP contribution >= 0.6 is 43.5 Å². The Balaban J connectivity index is 2.23. The van der Waals surface area contributed by atoms with Crippen LogP contribution in [0.5, 0.6) is 0 Å². The third-order valence-electron chi connectivity index (χ3n) is 2.70. The second-order valence-electron chi connectivity index (χ2n) is 4.35. The van der Waals surface area contributed by atoms with Crippen molar-refractivity contribution in [2.75, 3.05) is 11.6 Å². The summed E-state index contributed by atoms with van der Waals surface area (Å²) in [6.45, 7) is 0.417. The maximum absolute atomic E-state index is 11.6. The van der Waals surface area contributed by atoms with Gasteiger partial charge in [-0.3, -0.25) is 4.98 Å². The molecule has 1 aromatic heterocycles. The number of nitrogens with zero attached hydrogens (tertiary/aromatic N) is 1. The Morgan fingerprint density at radius 2 is 2.00 bits per heavy atom. The van der Waals surface area contributed by atoms with E-state index in [1.54, 1.807) is 12.3 Å². The average molecular weight is 455 g/mol. The van der Waals surface area contributed by atoms with E-state index in [9.17, 15) is 8.42 Å². The fourth-order valence-electron chi connectivity index (χ4n) is 1.62. The summed E-state index contributed by atoms with van der Waals surface area (Å²) in [6.07, 6.45) is 2.85. The van der Waals surface area contributed by atoms with Crippen LogP contribution in [-0.4, -0.2) is 19.7 Å². The second-order valence-corrected chi connectivity index (χ2v) is 8.54. The highest BCUT2D eigenvalue weighted by molar-refractivity contribution is 9.11. The van der Waals surface area contributed by atoms with E-state index in [1.165, 1.54) is 12.1 Å². The molecular weight excluding hydrogens is 443 g/mol. The molecule has 0 fully saturated rings. The Hall–Kier alpha value is -0.630. The Morgan fingerprint density at radius 1 is 1.29 bits per heavy atom. The van der Waals surface area contributed by atoms with Gasteiger partial charge in [0.05, 0.1) is 27.8 Å². The highest BCUT2D eigenvalue weighted by atomic mass is 79.9. The SMILES string of the molecule is CS(=O)(=O)c1ccc(Cl)c(NCc2ncc(Br)cc2Br)c1. The molecule has 0 aliphatic rings. The lowest BCUT2D eigenvalue weighted by Crippen LogP contribution is -2.04. The van der Waals surface area contributed by atoms with Gasteiger partial charge in [-0.15, -0.1) is 0 Å². The van der Waals surface area contributed by atoms with E-state index in [4.69, 9.17) is 11.6 Å². The van der Waals surface area contributed by atoms with Crippen LogP contribution in [0.25, 0.3) is 0 Å². The first-order chi connectivity index (χ1) is 9.77. The number of hydrogen-bond donors (Lipinski definition) is 1. The van der Waals surface area contributed by atoms with E-state index in [1.807, 2.05) is 6.07 Å². The van der Waals surface area contributed by atoms with Crippen molar-refractivity contribution >= 4 is 59.0 Å². The first-order valence-electron chi connectivity index (χ1n) is 5.81. The van der Waals surface area contributed by atoms with Crippen LogP contribution in [-0.2, 0) is 16.4 Å². The minimum atomic E-state index is -3.27. The molecule has 4 nitrogen and oxygen atoms in total. The zero-order chi connectivity index (χ0) is 15.6. The quantitative estimate of drug-likeness (QED) is 0.749. The van der Waals surface area contributed by atoms with Crippen LogP contribution in [0.1, 0.15) is 5.69 Å². The molecule has 0 radical (unpaired) electrons. The van der Waals surface area contributed by atoms with Crippen molar-refractivity contribution in [1.82, 2.24) is 4.98 Å². The van der Waals surface area contributed by atoms with Gasteiger partial charge in [0.2, 0.25) is 0 Å². The number of benzene rings is 1. The second kappa shape index (κ2) is 6.64. The minimum Gasteiger partial charge on any atom is -0.378 e. The van der Waals surface area contributed by atoms with Crippen LogP contribution in [0, 0.1) is 0 Å². The monoisotopic (exact) mass is 452 g/mol. The van der Waals surface area contributed by atoms with Crippen LogP contribution in [0.2, 0.25) is 5.02 Å². The molecule has 0 aliphatic carbocycles. The maximum atomic E-state index is 11.6. The molecule has 2 rings (SSSR count). The zero-order valence-corrected chi connectivity index (χ0v) is 15.6. The van der Waals surface area contributed by atoms with Gasteiger partial charge in [-0.1, -0.05) is 11.6 Å². The molecule has 0 saturated carbocycles. The lowest BCUT2D eigenvalue weighted by molar-refractivity contribution is 0.602. The zero-order valence-electron chi connectivity index (χ0n) is 10.9. The molecule has 8 heteroatoms. The summed E-state index contributed by atoms with van der Waals surface area (Å²) in [5.74, 6) is 0. The van der Waals surface area contributed by atoms with E-state index >= 15 is 0 Å². The first-order valence-corrected chi connectivity index (χ1v) is 9.66. The van der Waals surface area contributed by atoms with Crippen LogP contribution in [0.3, 0.4) is 0 Å². The van der Waals surface area contributed by atoms with Crippen molar-refractivity contribution < 1.29 is 8.42 Å². The summed E-state index contributed by atoms with van der Waals surface area (Å²) in [5, 5.41) is 3.55. The third kappa shape index (κ3) is 4.42. The molecule has 0 aliphatic heterocycles. The predicted molar refractivity (Wildman–Crippen MR) is 91.5 cm³/mol. The molecule has 2 aromatic rings. The maximum Gasteiger partial charge on any atom is 0.175 e.